The molecule has 0 unspecified atom stereocenters. The standard InChI is InChI=1S/C18H20BrNO3/c1-11(21)15-16(12-7-9-13(19)10-8-12)20(18(23)17(15)22)14-5-3-2-4-6-14/h7-10,14,16,22H,2-6H2,1H3/t16-/m1/s1. The van der Waals surface area contributed by atoms with Gasteiger partial charge in [0.2, 0.25) is 0 Å². The third-order valence-electron chi connectivity index (χ3n) is 4.78. The van der Waals surface area contributed by atoms with Crippen LogP contribution in [0, 0.1) is 0 Å². The summed E-state index contributed by atoms with van der Waals surface area (Å²) in [7, 11) is 0. The summed E-state index contributed by atoms with van der Waals surface area (Å²) in [5.74, 6) is -1.03. The van der Waals surface area contributed by atoms with Gasteiger partial charge in [0.15, 0.2) is 11.5 Å². The predicted molar refractivity (Wildman–Crippen MR) is 90.9 cm³/mol. The Balaban J connectivity index is 2.05. The fourth-order valence-corrected chi connectivity index (χ4v) is 3.96. The van der Waals surface area contributed by atoms with E-state index in [1.165, 1.54) is 13.3 Å². The Hall–Kier alpha value is -1.62. The van der Waals surface area contributed by atoms with E-state index in [1.807, 2.05) is 24.3 Å². The van der Waals surface area contributed by atoms with Gasteiger partial charge in [-0.2, -0.15) is 0 Å². The highest BCUT2D eigenvalue weighted by atomic mass is 79.9. The van der Waals surface area contributed by atoms with Crippen molar-refractivity contribution in [1.29, 1.82) is 0 Å². The van der Waals surface area contributed by atoms with Crippen molar-refractivity contribution in [2.75, 3.05) is 0 Å². The van der Waals surface area contributed by atoms with Crippen LogP contribution in [-0.4, -0.2) is 27.7 Å². The highest BCUT2D eigenvalue weighted by Gasteiger charge is 2.45. The van der Waals surface area contributed by atoms with E-state index >= 15 is 0 Å². The van der Waals surface area contributed by atoms with Gasteiger partial charge in [0, 0.05) is 10.5 Å². The number of benzene rings is 1. The van der Waals surface area contributed by atoms with Crippen LogP contribution in [0.3, 0.4) is 0 Å². The van der Waals surface area contributed by atoms with Crippen molar-refractivity contribution in [3.63, 3.8) is 0 Å². The van der Waals surface area contributed by atoms with Crippen LogP contribution in [0.1, 0.15) is 50.6 Å². The summed E-state index contributed by atoms with van der Waals surface area (Å²) in [5.41, 5.74) is 1.09. The van der Waals surface area contributed by atoms with Crippen molar-refractivity contribution in [2.24, 2.45) is 0 Å². The third kappa shape index (κ3) is 2.94. The number of Topliss-reactive ketones (excluding diaryl/α,β-unsaturated/α-hetero) is 1. The number of carbonyl (C=O) groups is 2. The van der Waals surface area contributed by atoms with E-state index in [2.05, 4.69) is 15.9 Å². The molecule has 1 aliphatic carbocycles. The van der Waals surface area contributed by atoms with Gasteiger partial charge in [0.1, 0.15) is 0 Å². The predicted octanol–water partition coefficient (Wildman–Crippen LogP) is 4.07. The zero-order valence-corrected chi connectivity index (χ0v) is 14.7. The van der Waals surface area contributed by atoms with E-state index in [0.29, 0.717) is 0 Å². The second-order valence-corrected chi connectivity index (χ2v) is 7.19. The molecule has 5 heteroatoms. The lowest BCUT2D eigenvalue weighted by Crippen LogP contribution is -2.41. The molecule has 1 aliphatic heterocycles. The number of rotatable bonds is 3. The minimum Gasteiger partial charge on any atom is -0.503 e. The maximum absolute atomic E-state index is 12.6. The van der Waals surface area contributed by atoms with Gasteiger partial charge < -0.3 is 10.0 Å². The number of nitrogens with zero attached hydrogens (tertiary/aromatic N) is 1. The maximum Gasteiger partial charge on any atom is 0.290 e. The van der Waals surface area contributed by atoms with Gasteiger partial charge in [-0.1, -0.05) is 47.3 Å². The molecule has 23 heavy (non-hydrogen) atoms. The second kappa shape index (κ2) is 6.48. The summed E-state index contributed by atoms with van der Waals surface area (Å²) in [6.07, 6.45) is 5.20. The topological polar surface area (TPSA) is 57.6 Å². The zero-order chi connectivity index (χ0) is 16.6. The van der Waals surface area contributed by atoms with Crippen molar-refractivity contribution in [2.45, 2.75) is 51.1 Å². The molecule has 1 atom stereocenters. The molecule has 4 nitrogen and oxygen atoms in total. The lowest BCUT2D eigenvalue weighted by molar-refractivity contribution is -0.132. The van der Waals surface area contributed by atoms with E-state index in [4.69, 9.17) is 0 Å². The number of amides is 1. The minimum atomic E-state index is -0.476. The Morgan fingerprint density at radius 1 is 1.17 bits per heavy atom. The molecule has 1 aromatic carbocycles. The number of carbonyl (C=O) groups excluding carboxylic acids is 2. The molecular weight excluding hydrogens is 358 g/mol. The van der Waals surface area contributed by atoms with Crippen LogP contribution in [-0.2, 0) is 9.59 Å². The van der Waals surface area contributed by atoms with Crippen molar-refractivity contribution >= 4 is 27.6 Å². The maximum atomic E-state index is 12.6. The zero-order valence-electron chi connectivity index (χ0n) is 13.1. The lowest BCUT2D eigenvalue weighted by Gasteiger charge is -2.36. The first kappa shape index (κ1) is 16.2. The average Bonchev–Trinajstić information content (AvgIpc) is 2.81. The van der Waals surface area contributed by atoms with Gasteiger partial charge in [0.25, 0.3) is 5.91 Å². The number of hydrogen-bond donors (Lipinski definition) is 1. The van der Waals surface area contributed by atoms with Gasteiger partial charge in [0.05, 0.1) is 11.6 Å². The van der Waals surface area contributed by atoms with Gasteiger partial charge in [-0.25, -0.2) is 0 Å². The molecule has 122 valence electrons. The lowest BCUT2D eigenvalue weighted by atomic mass is 9.90. The largest absolute Gasteiger partial charge is 0.503 e. The quantitative estimate of drug-likeness (QED) is 0.863. The van der Waals surface area contributed by atoms with Crippen LogP contribution >= 0.6 is 15.9 Å². The van der Waals surface area contributed by atoms with E-state index in [9.17, 15) is 14.7 Å². The Morgan fingerprint density at radius 3 is 2.35 bits per heavy atom. The summed E-state index contributed by atoms with van der Waals surface area (Å²) in [5, 5.41) is 10.3. The SMILES string of the molecule is CC(=O)C1=C(O)C(=O)N(C2CCCCC2)[C@@H]1c1ccc(Br)cc1. The molecule has 0 spiro atoms. The first-order valence-electron chi connectivity index (χ1n) is 8.03. The Morgan fingerprint density at radius 2 is 1.78 bits per heavy atom. The Kier molecular flexibility index (Phi) is 4.57. The summed E-state index contributed by atoms with van der Waals surface area (Å²) < 4.78 is 0.937. The number of hydrogen-bond acceptors (Lipinski definition) is 3. The fourth-order valence-electron chi connectivity index (χ4n) is 3.69. The van der Waals surface area contributed by atoms with Crippen LogP contribution in [0.2, 0.25) is 0 Å². The first-order valence-corrected chi connectivity index (χ1v) is 8.82. The van der Waals surface area contributed by atoms with Crippen molar-refractivity contribution in [3.8, 4) is 0 Å². The highest BCUT2D eigenvalue weighted by molar-refractivity contribution is 9.10. The third-order valence-corrected chi connectivity index (χ3v) is 5.31. The Bertz CT molecular complexity index is 659. The van der Waals surface area contributed by atoms with E-state index in [1.54, 1.807) is 4.90 Å². The monoisotopic (exact) mass is 377 g/mol. The molecule has 0 radical (unpaired) electrons. The first-order chi connectivity index (χ1) is 11.0. The fraction of sp³-hybridized carbons (Fsp3) is 0.444. The number of ketones is 1. The van der Waals surface area contributed by atoms with Crippen LogP contribution in [0.15, 0.2) is 40.1 Å². The van der Waals surface area contributed by atoms with Crippen molar-refractivity contribution < 1.29 is 14.7 Å². The van der Waals surface area contributed by atoms with Gasteiger partial charge in [-0.3, -0.25) is 9.59 Å². The summed E-state index contributed by atoms with van der Waals surface area (Å²) in [6.45, 7) is 1.41. The van der Waals surface area contributed by atoms with Crippen molar-refractivity contribution in [3.05, 3.63) is 45.6 Å². The molecule has 1 N–H and O–H groups in total. The van der Waals surface area contributed by atoms with Crippen LogP contribution in [0.4, 0.5) is 0 Å². The van der Waals surface area contributed by atoms with E-state index in [-0.39, 0.29) is 23.2 Å². The molecule has 0 saturated heterocycles. The number of aliphatic hydroxyl groups excluding tert-OH is 1. The molecule has 1 heterocycles. The molecule has 1 aromatic rings. The summed E-state index contributed by atoms with van der Waals surface area (Å²) >= 11 is 3.40. The molecule has 1 saturated carbocycles. The van der Waals surface area contributed by atoms with Gasteiger partial charge in [-0.15, -0.1) is 0 Å². The highest BCUT2D eigenvalue weighted by Crippen LogP contribution is 2.42. The van der Waals surface area contributed by atoms with Gasteiger partial charge in [-0.05, 0) is 37.5 Å². The molecule has 0 bridgehead atoms. The summed E-state index contributed by atoms with van der Waals surface area (Å²) in [4.78, 5) is 26.4. The molecular formula is C18H20BrNO3. The number of aliphatic hydroxyl groups is 1. The second-order valence-electron chi connectivity index (χ2n) is 6.28. The smallest absolute Gasteiger partial charge is 0.290 e. The molecule has 2 aliphatic rings. The minimum absolute atomic E-state index is 0.0869. The molecule has 0 aromatic heterocycles. The van der Waals surface area contributed by atoms with E-state index in [0.717, 1.165) is 35.7 Å². The molecule has 1 amide bonds. The summed E-state index contributed by atoms with van der Waals surface area (Å²) in [6, 6.07) is 7.21. The van der Waals surface area contributed by atoms with Crippen molar-refractivity contribution in [1.82, 2.24) is 4.90 Å². The average molecular weight is 378 g/mol. The normalized spacial score (nSPS) is 22.8. The van der Waals surface area contributed by atoms with E-state index < -0.39 is 11.9 Å². The number of halogens is 1. The van der Waals surface area contributed by atoms with Crippen LogP contribution < -0.4 is 0 Å². The van der Waals surface area contributed by atoms with Crippen LogP contribution in [0.5, 0.6) is 0 Å². The molecule has 1 fully saturated rings. The van der Waals surface area contributed by atoms with Crippen LogP contribution in [0.25, 0.3) is 0 Å². The Labute approximate surface area is 144 Å². The molecule has 3 rings (SSSR count). The van der Waals surface area contributed by atoms with Gasteiger partial charge >= 0.3 is 0 Å².